The summed E-state index contributed by atoms with van der Waals surface area (Å²) >= 11 is 0. The number of rotatable bonds is 10. The van der Waals surface area contributed by atoms with E-state index in [4.69, 9.17) is 8.83 Å². The van der Waals surface area contributed by atoms with Gasteiger partial charge in [0.15, 0.2) is 0 Å². The molecule has 10 heteroatoms. The summed E-state index contributed by atoms with van der Waals surface area (Å²) in [4.78, 5) is 50.9. The Balaban J connectivity index is 1.08. The van der Waals surface area contributed by atoms with Crippen molar-refractivity contribution < 1.29 is 28.0 Å². The number of amides is 4. The average Bonchev–Trinajstić information content (AvgIpc) is 3.74. The summed E-state index contributed by atoms with van der Waals surface area (Å²) in [7, 11) is 0. The number of hydrogen-bond acceptors (Lipinski definition) is 6. The highest BCUT2D eigenvalue weighted by molar-refractivity contribution is 5.99. The summed E-state index contributed by atoms with van der Waals surface area (Å²) < 4.78 is 10.5. The lowest BCUT2D eigenvalue weighted by Crippen LogP contribution is -2.32. The Kier molecular flexibility index (Phi) is 9.13. The zero-order chi connectivity index (χ0) is 29.3. The highest BCUT2D eigenvalue weighted by Gasteiger charge is 2.30. The fraction of sp³-hybridized carbons (Fsp3) is 0.250. The van der Waals surface area contributed by atoms with Gasteiger partial charge in [-0.05, 0) is 86.3 Å². The summed E-state index contributed by atoms with van der Waals surface area (Å²) in [6.45, 7) is 0.541. The number of nitrogens with one attached hydrogen (secondary N) is 4. The summed E-state index contributed by atoms with van der Waals surface area (Å²) in [5.74, 6) is 0.0390. The Morgan fingerprint density at radius 3 is 1.40 bits per heavy atom. The molecule has 2 aromatic carbocycles. The molecule has 0 aliphatic heterocycles. The Bertz CT molecular complexity index is 1410. The minimum absolute atomic E-state index is 0.129. The van der Waals surface area contributed by atoms with Gasteiger partial charge in [-0.2, -0.15) is 0 Å². The lowest BCUT2D eigenvalue weighted by molar-refractivity contribution is -0.125. The lowest BCUT2D eigenvalue weighted by atomic mass is 9.81. The van der Waals surface area contributed by atoms with Gasteiger partial charge in [0.1, 0.15) is 11.5 Å². The maximum Gasteiger partial charge on any atom is 0.251 e. The molecule has 0 atom stereocenters. The highest BCUT2D eigenvalue weighted by atomic mass is 16.3. The van der Waals surface area contributed by atoms with Crippen molar-refractivity contribution in [2.24, 2.45) is 11.8 Å². The molecule has 4 N–H and O–H groups in total. The fourth-order valence-electron chi connectivity index (χ4n) is 4.95. The van der Waals surface area contributed by atoms with E-state index in [1.54, 1.807) is 85.3 Å². The highest BCUT2D eigenvalue weighted by Crippen LogP contribution is 2.31. The fourth-order valence-corrected chi connectivity index (χ4v) is 4.95. The lowest BCUT2D eigenvalue weighted by Gasteiger charge is -2.27. The van der Waals surface area contributed by atoms with Crippen molar-refractivity contribution in [1.29, 1.82) is 0 Å². The smallest absolute Gasteiger partial charge is 0.251 e. The van der Waals surface area contributed by atoms with Crippen molar-refractivity contribution >= 4 is 35.0 Å². The molecule has 0 radical (unpaired) electrons. The van der Waals surface area contributed by atoms with Gasteiger partial charge in [0.05, 0.1) is 25.6 Å². The van der Waals surface area contributed by atoms with Gasteiger partial charge < -0.3 is 30.1 Å². The number of carbonyl (C=O) groups excluding carboxylic acids is 4. The molecule has 42 heavy (non-hydrogen) atoms. The molecule has 0 bridgehead atoms. The van der Waals surface area contributed by atoms with Crippen LogP contribution in [0.2, 0.25) is 0 Å². The molecular weight excluding hydrogens is 536 g/mol. The van der Waals surface area contributed by atoms with E-state index in [2.05, 4.69) is 21.3 Å². The van der Waals surface area contributed by atoms with Crippen LogP contribution in [0.15, 0.2) is 94.2 Å². The Morgan fingerprint density at radius 2 is 1.02 bits per heavy atom. The first-order chi connectivity index (χ1) is 20.4. The molecule has 1 aliphatic rings. The van der Waals surface area contributed by atoms with Gasteiger partial charge in [-0.1, -0.05) is 12.1 Å². The van der Waals surface area contributed by atoms with Crippen molar-refractivity contribution in [2.75, 3.05) is 10.6 Å². The van der Waals surface area contributed by atoms with E-state index in [0.717, 1.165) is 0 Å². The Hall–Kier alpha value is -5.12. The second kappa shape index (κ2) is 13.5. The number of hydrogen-bond donors (Lipinski definition) is 4. The molecule has 0 unspecified atom stereocenters. The van der Waals surface area contributed by atoms with Gasteiger partial charge in [0, 0.05) is 34.3 Å². The van der Waals surface area contributed by atoms with E-state index in [1.165, 1.54) is 0 Å². The average molecular weight is 569 g/mol. The third-order valence-electron chi connectivity index (χ3n) is 7.26. The second-order valence-corrected chi connectivity index (χ2v) is 10.2. The van der Waals surface area contributed by atoms with Crippen molar-refractivity contribution in [2.45, 2.75) is 38.8 Å². The van der Waals surface area contributed by atoms with Gasteiger partial charge in [-0.3, -0.25) is 19.2 Å². The predicted molar refractivity (Wildman–Crippen MR) is 155 cm³/mol. The normalized spacial score (nSPS) is 16.3. The molecule has 5 rings (SSSR count). The SMILES string of the molecule is O=C(NCc1ccco1)c1cccc(NC(=O)C2CCC(C(=O)Nc3cccc(C(=O)NCc4ccco4)c3)CC2)c1. The van der Waals surface area contributed by atoms with Gasteiger partial charge in [0.2, 0.25) is 11.8 Å². The van der Waals surface area contributed by atoms with Crippen LogP contribution in [0.4, 0.5) is 11.4 Å². The molecule has 2 heterocycles. The zero-order valence-electron chi connectivity index (χ0n) is 22.9. The molecule has 2 aromatic heterocycles. The molecule has 1 fully saturated rings. The van der Waals surface area contributed by atoms with E-state index in [1.807, 2.05) is 0 Å². The van der Waals surface area contributed by atoms with Crippen LogP contribution < -0.4 is 21.3 Å². The van der Waals surface area contributed by atoms with Crippen molar-refractivity contribution in [1.82, 2.24) is 10.6 Å². The number of furan rings is 2. The predicted octanol–water partition coefficient (Wildman–Crippen LogP) is 5.12. The topological polar surface area (TPSA) is 143 Å². The maximum atomic E-state index is 13.0. The number of carbonyl (C=O) groups is 4. The van der Waals surface area contributed by atoms with Crippen LogP contribution in [0.1, 0.15) is 57.9 Å². The first kappa shape index (κ1) is 28.4. The third-order valence-corrected chi connectivity index (χ3v) is 7.26. The first-order valence-corrected chi connectivity index (χ1v) is 13.9. The quantitative estimate of drug-likeness (QED) is 0.209. The number of benzene rings is 2. The van der Waals surface area contributed by atoms with E-state index in [9.17, 15) is 19.2 Å². The molecule has 4 aromatic rings. The van der Waals surface area contributed by atoms with Gasteiger partial charge in [0.25, 0.3) is 11.8 Å². The van der Waals surface area contributed by atoms with E-state index in [0.29, 0.717) is 59.7 Å². The maximum absolute atomic E-state index is 13.0. The van der Waals surface area contributed by atoms with Crippen LogP contribution in [0, 0.1) is 11.8 Å². The summed E-state index contributed by atoms with van der Waals surface area (Å²) in [5, 5.41) is 11.4. The van der Waals surface area contributed by atoms with Gasteiger partial charge >= 0.3 is 0 Å². The number of anilines is 2. The Labute approximate surface area is 242 Å². The molecule has 0 spiro atoms. The van der Waals surface area contributed by atoms with Crippen LogP contribution in [0.5, 0.6) is 0 Å². The zero-order valence-corrected chi connectivity index (χ0v) is 22.9. The second-order valence-electron chi connectivity index (χ2n) is 10.2. The summed E-state index contributed by atoms with van der Waals surface area (Å²) in [6, 6.07) is 20.6. The van der Waals surface area contributed by atoms with Crippen molar-refractivity contribution in [3.05, 3.63) is 108 Å². The van der Waals surface area contributed by atoms with Crippen molar-refractivity contribution in [3.63, 3.8) is 0 Å². The molecule has 10 nitrogen and oxygen atoms in total. The van der Waals surface area contributed by atoms with E-state index in [-0.39, 0.29) is 48.6 Å². The molecule has 1 aliphatic carbocycles. The van der Waals surface area contributed by atoms with E-state index >= 15 is 0 Å². The largest absolute Gasteiger partial charge is 0.467 e. The summed E-state index contributed by atoms with van der Waals surface area (Å²) in [6.07, 6.45) is 5.38. The molecule has 216 valence electrons. The molecule has 1 saturated carbocycles. The third kappa shape index (κ3) is 7.54. The summed E-state index contributed by atoms with van der Waals surface area (Å²) in [5.41, 5.74) is 1.94. The van der Waals surface area contributed by atoms with Crippen LogP contribution in [0.3, 0.4) is 0 Å². The molecule has 0 saturated heterocycles. The van der Waals surface area contributed by atoms with E-state index < -0.39 is 0 Å². The monoisotopic (exact) mass is 568 g/mol. The van der Waals surface area contributed by atoms with Crippen LogP contribution in [0.25, 0.3) is 0 Å². The van der Waals surface area contributed by atoms with Crippen molar-refractivity contribution in [3.8, 4) is 0 Å². The van der Waals surface area contributed by atoms with Gasteiger partial charge in [-0.25, -0.2) is 0 Å². The van der Waals surface area contributed by atoms with Crippen LogP contribution >= 0.6 is 0 Å². The van der Waals surface area contributed by atoms with Gasteiger partial charge in [-0.15, -0.1) is 0 Å². The standard InChI is InChI=1S/C32H32N4O6/c37-29(33-19-27-9-3-15-41-27)23-5-1-7-25(17-23)35-31(39)21-11-13-22(14-12-21)32(40)36-26-8-2-6-24(18-26)30(38)34-20-28-10-4-16-42-28/h1-10,15-18,21-22H,11-14,19-20H2,(H,33,37)(H,34,38)(H,35,39)(H,36,40). The van der Waals surface area contributed by atoms with Crippen LogP contribution in [-0.2, 0) is 22.7 Å². The molecule has 4 amide bonds. The molecular formula is C32H32N4O6. The minimum atomic E-state index is -0.269. The Morgan fingerprint density at radius 1 is 0.595 bits per heavy atom. The first-order valence-electron chi connectivity index (χ1n) is 13.9. The minimum Gasteiger partial charge on any atom is -0.467 e. The van der Waals surface area contributed by atoms with Crippen LogP contribution in [-0.4, -0.2) is 23.6 Å².